The fourth-order valence-electron chi connectivity index (χ4n) is 3.51. The van der Waals surface area contributed by atoms with Crippen molar-refractivity contribution in [2.24, 2.45) is 0 Å². The Bertz CT molecular complexity index is 395. The summed E-state index contributed by atoms with van der Waals surface area (Å²) in [6.07, 6.45) is 5.30. The van der Waals surface area contributed by atoms with Crippen molar-refractivity contribution in [1.29, 1.82) is 0 Å². The van der Waals surface area contributed by atoms with Crippen LogP contribution in [0, 0.1) is 6.92 Å². The number of rotatable bonds is 5. The van der Waals surface area contributed by atoms with Crippen molar-refractivity contribution in [3.05, 3.63) is 21.9 Å². The lowest BCUT2D eigenvalue weighted by Crippen LogP contribution is -2.55. The predicted molar refractivity (Wildman–Crippen MR) is 85.0 cm³/mol. The molecule has 3 heteroatoms. The topological polar surface area (TPSA) is 15.3 Å². The molecule has 0 aromatic carbocycles. The maximum absolute atomic E-state index is 3.60. The molecule has 1 aromatic heterocycles. The molecule has 2 rings (SSSR count). The Hall–Kier alpha value is -0.380. The maximum Gasteiger partial charge on any atom is 0.0512 e. The van der Waals surface area contributed by atoms with Crippen molar-refractivity contribution in [3.63, 3.8) is 0 Å². The van der Waals surface area contributed by atoms with E-state index in [-0.39, 0.29) is 5.54 Å². The summed E-state index contributed by atoms with van der Waals surface area (Å²) in [7, 11) is 2.11. The van der Waals surface area contributed by atoms with Crippen molar-refractivity contribution in [2.45, 2.75) is 58.0 Å². The number of thiophene rings is 1. The van der Waals surface area contributed by atoms with Gasteiger partial charge >= 0.3 is 0 Å². The van der Waals surface area contributed by atoms with Crippen LogP contribution in [-0.4, -0.2) is 30.6 Å². The van der Waals surface area contributed by atoms with Crippen LogP contribution in [0.3, 0.4) is 0 Å². The van der Waals surface area contributed by atoms with Gasteiger partial charge < -0.3 is 5.32 Å². The van der Waals surface area contributed by atoms with Gasteiger partial charge in [-0.15, -0.1) is 11.3 Å². The molecule has 2 unspecified atom stereocenters. The third-order valence-corrected chi connectivity index (χ3v) is 5.78. The standard InChI is InChI=1S/C16H28N2S/c1-5-16(3,18-10-7-6-8-11-18)15(17-4)14-9-12-19-13(14)2/h9,12,15,17H,5-8,10-11H2,1-4H3. The van der Waals surface area contributed by atoms with Crippen LogP contribution in [0.5, 0.6) is 0 Å². The Labute approximate surface area is 122 Å². The minimum absolute atomic E-state index is 0.223. The summed E-state index contributed by atoms with van der Waals surface area (Å²) in [5.41, 5.74) is 1.71. The van der Waals surface area contributed by atoms with Gasteiger partial charge in [0.05, 0.1) is 6.04 Å². The fraction of sp³-hybridized carbons (Fsp3) is 0.750. The smallest absolute Gasteiger partial charge is 0.0512 e. The zero-order valence-electron chi connectivity index (χ0n) is 12.8. The Morgan fingerprint density at radius 2 is 2.05 bits per heavy atom. The molecule has 0 amide bonds. The number of aryl methyl sites for hydroxylation is 1. The molecule has 0 aliphatic carbocycles. The third-order valence-electron chi connectivity index (χ3n) is 4.91. The maximum atomic E-state index is 3.60. The molecule has 2 nitrogen and oxygen atoms in total. The van der Waals surface area contributed by atoms with E-state index in [4.69, 9.17) is 0 Å². The number of hydrogen-bond donors (Lipinski definition) is 1. The quantitative estimate of drug-likeness (QED) is 0.878. The van der Waals surface area contributed by atoms with Crippen molar-refractivity contribution >= 4 is 11.3 Å². The second-order valence-corrected chi connectivity index (χ2v) is 7.03. The van der Waals surface area contributed by atoms with E-state index in [1.807, 2.05) is 11.3 Å². The molecular formula is C16H28N2S. The number of likely N-dealkylation sites (tertiary alicyclic amines) is 1. The van der Waals surface area contributed by atoms with Crippen LogP contribution in [0.1, 0.15) is 56.0 Å². The van der Waals surface area contributed by atoms with Gasteiger partial charge in [-0.3, -0.25) is 4.90 Å². The largest absolute Gasteiger partial charge is 0.311 e. The van der Waals surface area contributed by atoms with Gasteiger partial charge in [0.1, 0.15) is 0 Å². The molecule has 19 heavy (non-hydrogen) atoms. The fourth-order valence-corrected chi connectivity index (χ4v) is 4.25. The Balaban J connectivity index is 2.29. The van der Waals surface area contributed by atoms with Crippen LogP contribution in [-0.2, 0) is 0 Å². The highest BCUT2D eigenvalue weighted by molar-refractivity contribution is 7.10. The van der Waals surface area contributed by atoms with Gasteiger partial charge in [0, 0.05) is 10.4 Å². The van der Waals surface area contributed by atoms with E-state index < -0.39 is 0 Å². The molecular weight excluding hydrogens is 252 g/mol. The molecule has 1 N–H and O–H groups in total. The van der Waals surface area contributed by atoms with E-state index in [9.17, 15) is 0 Å². The first-order valence-corrected chi connectivity index (χ1v) is 8.47. The van der Waals surface area contributed by atoms with Crippen molar-refractivity contribution in [3.8, 4) is 0 Å². The van der Waals surface area contributed by atoms with Crippen LogP contribution >= 0.6 is 11.3 Å². The van der Waals surface area contributed by atoms with E-state index in [0.29, 0.717) is 6.04 Å². The predicted octanol–water partition coefficient (Wildman–Crippen LogP) is 3.97. The third kappa shape index (κ3) is 2.88. The molecule has 1 aliphatic heterocycles. The minimum atomic E-state index is 0.223. The lowest BCUT2D eigenvalue weighted by atomic mass is 9.82. The first kappa shape index (κ1) is 15.0. The van der Waals surface area contributed by atoms with Gasteiger partial charge in [-0.1, -0.05) is 13.3 Å². The molecule has 0 saturated carbocycles. The van der Waals surface area contributed by atoms with Crippen molar-refractivity contribution in [2.75, 3.05) is 20.1 Å². The number of nitrogens with zero attached hydrogens (tertiary/aromatic N) is 1. The lowest BCUT2D eigenvalue weighted by molar-refractivity contribution is 0.0447. The van der Waals surface area contributed by atoms with E-state index in [0.717, 1.165) is 0 Å². The highest BCUT2D eigenvalue weighted by Crippen LogP contribution is 2.38. The summed E-state index contributed by atoms with van der Waals surface area (Å²) >= 11 is 1.86. The van der Waals surface area contributed by atoms with Crippen LogP contribution in [0.25, 0.3) is 0 Å². The lowest BCUT2D eigenvalue weighted by Gasteiger charge is -2.48. The van der Waals surface area contributed by atoms with Crippen LogP contribution in [0.4, 0.5) is 0 Å². The number of likely N-dealkylation sites (N-methyl/N-ethyl adjacent to an activating group) is 1. The summed E-state index contributed by atoms with van der Waals surface area (Å²) in [5, 5.41) is 5.82. The second-order valence-electron chi connectivity index (χ2n) is 5.91. The Morgan fingerprint density at radius 1 is 1.37 bits per heavy atom. The normalized spacial score (nSPS) is 22.1. The first-order valence-electron chi connectivity index (χ1n) is 7.59. The van der Waals surface area contributed by atoms with Gasteiger partial charge in [0.2, 0.25) is 0 Å². The number of nitrogens with one attached hydrogen (secondary N) is 1. The molecule has 1 aliphatic rings. The number of hydrogen-bond acceptors (Lipinski definition) is 3. The summed E-state index contributed by atoms with van der Waals surface area (Å²) in [5.74, 6) is 0. The molecule has 108 valence electrons. The van der Waals surface area contributed by atoms with Gasteiger partial charge in [-0.2, -0.15) is 0 Å². The van der Waals surface area contributed by atoms with Gasteiger partial charge in [-0.25, -0.2) is 0 Å². The first-order chi connectivity index (χ1) is 9.13. The molecule has 1 aromatic rings. The highest BCUT2D eigenvalue weighted by Gasteiger charge is 2.39. The molecule has 2 heterocycles. The molecule has 2 atom stereocenters. The molecule has 1 saturated heterocycles. The zero-order valence-corrected chi connectivity index (χ0v) is 13.6. The average molecular weight is 280 g/mol. The summed E-state index contributed by atoms with van der Waals surface area (Å²) in [6, 6.07) is 2.74. The van der Waals surface area contributed by atoms with Gasteiger partial charge in [0.15, 0.2) is 0 Å². The van der Waals surface area contributed by atoms with E-state index in [2.05, 4.69) is 49.5 Å². The van der Waals surface area contributed by atoms with Crippen LogP contribution in [0.15, 0.2) is 11.4 Å². The summed E-state index contributed by atoms with van der Waals surface area (Å²) in [6.45, 7) is 9.53. The Morgan fingerprint density at radius 3 is 2.53 bits per heavy atom. The summed E-state index contributed by atoms with van der Waals surface area (Å²) < 4.78 is 0. The van der Waals surface area contributed by atoms with Gasteiger partial charge in [-0.05, 0) is 70.3 Å². The molecule has 0 spiro atoms. The molecule has 0 radical (unpaired) electrons. The Kier molecular flexibility index (Phi) is 5.04. The van der Waals surface area contributed by atoms with E-state index >= 15 is 0 Å². The molecule has 1 fully saturated rings. The highest BCUT2D eigenvalue weighted by atomic mass is 32.1. The van der Waals surface area contributed by atoms with Crippen LogP contribution < -0.4 is 5.32 Å². The minimum Gasteiger partial charge on any atom is -0.311 e. The van der Waals surface area contributed by atoms with Crippen molar-refractivity contribution < 1.29 is 0 Å². The number of piperidine rings is 1. The average Bonchev–Trinajstić information content (AvgIpc) is 2.86. The van der Waals surface area contributed by atoms with Crippen molar-refractivity contribution in [1.82, 2.24) is 10.2 Å². The summed E-state index contributed by atoms with van der Waals surface area (Å²) in [4.78, 5) is 4.17. The van der Waals surface area contributed by atoms with Crippen LogP contribution in [0.2, 0.25) is 0 Å². The second kappa shape index (κ2) is 6.38. The van der Waals surface area contributed by atoms with E-state index in [1.165, 1.54) is 49.2 Å². The monoisotopic (exact) mass is 280 g/mol. The SMILES string of the molecule is CCC(C)(C(NC)c1ccsc1C)N1CCCCC1. The van der Waals surface area contributed by atoms with Gasteiger partial charge in [0.25, 0.3) is 0 Å². The molecule has 0 bridgehead atoms. The van der Waals surface area contributed by atoms with E-state index in [1.54, 1.807) is 0 Å². The zero-order chi connectivity index (χ0) is 13.9.